The van der Waals surface area contributed by atoms with Crippen LogP contribution in [0, 0.1) is 11.7 Å². The molecule has 0 bridgehead atoms. The predicted molar refractivity (Wildman–Crippen MR) is 118 cm³/mol. The smallest absolute Gasteiger partial charge is 0.243 e. The highest BCUT2D eigenvalue weighted by molar-refractivity contribution is 7.89. The van der Waals surface area contributed by atoms with E-state index < -0.39 is 21.8 Å². The predicted octanol–water partition coefficient (Wildman–Crippen LogP) is 3.16. The summed E-state index contributed by atoms with van der Waals surface area (Å²) in [5, 5.41) is 3.05. The second-order valence-electron chi connectivity index (χ2n) is 8.53. The van der Waals surface area contributed by atoms with E-state index in [0.29, 0.717) is 25.9 Å². The normalized spacial score (nSPS) is 21.8. The lowest BCUT2D eigenvalue weighted by molar-refractivity contribution is -0.126. The Morgan fingerprint density at radius 2 is 1.84 bits per heavy atom. The van der Waals surface area contributed by atoms with E-state index in [4.69, 9.17) is 4.42 Å². The minimum Gasteiger partial charge on any atom is -0.468 e. The molecule has 2 aromatic rings. The molecule has 174 valence electrons. The molecule has 2 fully saturated rings. The van der Waals surface area contributed by atoms with Crippen molar-refractivity contribution in [3.63, 3.8) is 0 Å². The van der Waals surface area contributed by atoms with E-state index in [-0.39, 0.29) is 23.4 Å². The van der Waals surface area contributed by atoms with Crippen LogP contribution in [0.15, 0.2) is 52.0 Å². The minimum atomic E-state index is -3.77. The van der Waals surface area contributed by atoms with Gasteiger partial charge in [0, 0.05) is 19.6 Å². The lowest BCUT2D eigenvalue weighted by Gasteiger charge is -2.34. The highest BCUT2D eigenvalue weighted by atomic mass is 32.2. The lowest BCUT2D eigenvalue weighted by atomic mass is 9.98. The van der Waals surface area contributed by atoms with Crippen LogP contribution in [-0.2, 0) is 14.8 Å². The van der Waals surface area contributed by atoms with Crippen molar-refractivity contribution in [3.05, 3.63) is 54.2 Å². The maximum absolute atomic E-state index is 13.2. The minimum absolute atomic E-state index is 0.0307. The van der Waals surface area contributed by atoms with Crippen LogP contribution in [0.3, 0.4) is 0 Å². The van der Waals surface area contributed by atoms with Crippen molar-refractivity contribution >= 4 is 15.9 Å². The van der Waals surface area contributed by atoms with Gasteiger partial charge in [0.25, 0.3) is 0 Å². The molecule has 0 spiro atoms. The average molecular weight is 464 g/mol. The van der Waals surface area contributed by atoms with Crippen LogP contribution in [0.1, 0.15) is 43.9 Å². The SMILES string of the molecule is O=C(NC[C@H](c1ccco1)N1CCCCC1)[C@@H]1CCCN(S(=O)(=O)c2ccc(F)cc2)C1. The van der Waals surface area contributed by atoms with Gasteiger partial charge in [-0.05, 0) is 75.2 Å². The number of nitrogens with zero attached hydrogens (tertiary/aromatic N) is 2. The number of carbonyl (C=O) groups is 1. The molecule has 1 aromatic heterocycles. The van der Waals surface area contributed by atoms with Crippen molar-refractivity contribution in [1.29, 1.82) is 0 Å². The summed E-state index contributed by atoms with van der Waals surface area (Å²) in [4.78, 5) is 15.4. The molecule has 0 unspecified atom stereocenters. The fraction of sp³-hybridized carbons (Fsp3) is 0.522. The summed E-state index contributed by atoms with van der Waals surface area (Å²) in [6, 6.07) is 8.56. The number of hydrogen-bond donors (Lipinski definition) is 1. The number of hydrogen-bond acceptors (Lipinski definition) is 5. The van der Waals surface area contributed by atoms with Gasteiger partial charge in [0.1, 0.15) is 11.6 Å². The molecule has 4 rings (SSSR count). The van der Waals surface area contributed by atoms with Crippen LogP contribution in [0.5, 0.6) is 0 Å². The van der Waals surface area contributed by atoms with Crippen molar-refractivity contribution in [2.24, 2.45) is 5.92 Å². The second-order valence-corrected chi connectivity index (χ2v) is 10.5. The molecule has 3 heterocycles. The number of benzene rings is 1. The van der Waals surface area contributed by atoms with Crippen LogP contribution in [-0.4, -0.2) is 56.3 Å². The molecule has 1 aromatic carbocycles. The third-order valence-corrected chi connectivity index (χ3v) is 8.26. The zero-order valence-electron chi connectivity index (χ0n) is 18.1. The molecule has 1 N–H and O–H groups in total. The maximum Gasteiger partial charge on any atom is 0.243 e. The summed E-state index contributed by atoms with van der Waals surface area (Å²) < 4.78 is 46.1. The van der Waals surface area contributed by atoms with Gasteiger partial charge in [0.2, 0.25) is 15.9 Å². The molecule has 2 atom stereocenters. The molecule has 0 saturated carbocycles. The van der Waals surface area contributed by atoms with E-state index in [1.807, 2.05) is 12.1 Å². The van der Waals surface area contributed by atoms with Crippen LogP contribution >= 0.6 is 0 Å². The van der Waals surface area contributed by atoms with E-state index in [0.717, 1.165) is 43.8 Å². The van der Waals surface area contributed by atoms with Crippen molar-refractivity contribution < 1.29 is 22.0 Å². The standard InChI is InChI=1S/C23H30FN3O4S/c24-19-8-10-20(11-9-19)32(29,30)27-14-4-6-18(17-27)23(28)25-16-21(22-7-5-15-31-22)26-12-2-1-3-13-26/h5,7-11,15,18,21H,1-4,6,12-14,16-17H2,(H,25,28)/t18-,21-/m1/s1. The number of likely N-dealkylation sites (tertiary alicyclic amines) is 1. The fourth-order valence-corrected chi connectivity index (χ4v) is 6.12. The number of amides is 1. The highest BCUT2D eigenvalue weighted by Crippen LogP contribution is 2.26. The van der Waals surface area contributed by atoms with Gasteiger partial charge in [0.15, 0.2) is 0 Å². The maximum atomic E-state index is 13.2. The van der Waals surface area contributed by atoms with Crippen LogP contribution in [0.4, 0.5) is 4.39 Å². The Kier molecular flexibility index (Phi) is 7.27. The number of furan rings is 1. The monoisotopic (exact) mass is 463 g/mol. The van der Waals surface area contributed by atoms with Crippen LogP contribution < -0.4 is 5.32 Å². The first kappa shape index (κ1) is 22.9. The highest BCUT2D eigenvalue weighted by Gasteiger charge is 2.34. The van der Waals surface area contributed by atoms with Gasteiger partial charge in [-0.25, -0.2) is 12.8 Å². The average Bonchev–Trinajstić information content (AvgIpc) is 3.35. The molecule has 1 amide bonds. The Labute approximate surface area is 188 Å². The third-order valence-electron chi connectivity index (χ3n) is 6.38. The summed E-state index contributed by atoms with van der Waals surface area (Å²) in [5.41, 5.74) is 0. The van der Waals surface area contributed by atoms with Crippen LogP contribution in [0.25, 0.3) is 0 Å². The Hall–Kier alpha value is -2.23. The van der Waals surface area contributed by atoms with Gasteiger partial charge < -0.3 is 9.73 Å². The zero-order chi connectivity index (χ0) is 22.6. The van der Waals surface area contributed by atoms with Gasteiger partial charge in [-0.2, -0.15) is 4.31 Å². The molecular weight excluding hydrogens is 433 g/mol. The number of nitrogens with one attached hydrogen (secondary N) is 1. The van der Waals surface area contributed by atoms with Gasteiger partial charge >= 0.3 is 0 Å². The molecule has 2 aliphatic rings. The topological polar surface area (TPSA) is 82.9 Å². The molecule has 0 aliphatic carbocycles. The van der Waals surface area contributed by atoms with E-state index in [1.165, 1.54) is 22.9 Å². The first-order chi connectivity index (χ1) is 15.4. The molecule has 9 heteroatoms. The fourth-order valence-electron chi connectivity index (χ4n) is 4.59. The molecule has 7 nitrogen and oxygen atoms in total. The largest absolute Gasteiger partial charge is 0.468 e. The number of sulfonamides is 1. The van der Waals surface area contributed by atoms with Crippen LogP contribution in [0.2, 0.25) is 0 Å². The Morgan fingerprint density at radius 3 is 2.53 bits per heavy atom. The van der Waals surface area contributed by atoms with Gasteiger partial charge in [-0.15, -0.1) is 0 Å². The lowest BCUT2D eigenvalue weighted by Crippen LogP contribution is -2.47. The van der Waals surface area contributed by atoms with Gasteiger partial charge in [-0.1, -0.05) is 6.42 Å². The van der Waals surface area contributed by atoms with E-state index in [2.05, 4.69) is 10.2 Å². The summed E-state index contributed by atoms with van der Waals surface area (Å²) in [5.74, 6) is -0.217. The summed E-state index contributed by atoms with van der Waals surface area (Å²) >= 11 is 0. The quantitative estimate of drug-likeness (QED) is 0.682. The van der Waals surface area contributed by atoms with Crippen molar-refractivity contribution in [2.75, 3.05) is 32.7 Å². The van der Waals surface area contributed by atoms with E-state index in [1.54, 1.807) is 6.26 Å². The number of piperidine rings is 2. The first-order valence-electron chi connectivity index (χ1n) is 11.3. The zero-order valence-corrected chi connectivity index (χ0v) is 18.9. The molecule has 2 aliphatic heterocycles. The summed E-state index contributed by atoms with van der Waals surface area (Å²) in [7, 11) is -3.77. The Balaban J connectivity index is 1.39. The molecule has 32 heavy (non-hydrogen) atoms. The van der Waals surface area contributed by atoms with Crippen molar-refractivity contribution in [2.45, 2.75) is 43.0 Å². The summed E-state index contributed by atoms with van der Waals surface area (Å²) in [6.45, 7) is 2.84. The van der Waals surface area contributed by atoms with Gasteiger partial charge in [0.05, 0.1) is 23.1 Å². The van der Waals surface area contributed by atoms with Gasteiger partial charge in [-0.3, -0.25) is 9.69 Å². The van der Waals surface area contributed by atoms with Crippen molar-refractivity contribution in [3.8, 4) is 0 Å². The Bertz CT molecular complexity index is 989. The number of carbonyl (C=O) groups excluding carboxylic acids is 1. The van der Waals surface area contributed by atoms with E-state index in [9.17, 15) is 17.6 Å². The molecule has 2 saturated heterocycles. The van der Waals surface area contributed by atoms with Crippen molar-refractivity contribution in [1.82, 2.24) is 14.5 Å². The summed E-state index contributed by atoms with van der Waals surface area (Å²) in [6.07, 6.45) is 6.36. The number of halogens is 1. The second kappa shape index (κ2) is 10.1. The molecule has 0 radical (unpaired) electrons. The third kappa shape index (κ3) is 5.22. The number of rotatable bonds is 7. The first-order valence-corrected chi connectivity index (χ1v) is 12.7. The van der Waals surface area contributed by atoms with E-state index >= 15 is 0 Å². The Morgan fingerprint density at radius 1 is 1.09 bits per heavy atom. The molecular formula is C23H30FN3O4S.